The highest BCUT2D eigenvalue weighted by Gasteiger charge is 2.42. The summed E-state index contributed by atoms with van der Waals surface area (Å²) in [5.41, 5.74) is 0.458. The molecule has 0 saturated carbocycles. The predicted molar refractivity (Wildman–Crippen MR) is 95.1 cm³/mol. The molecule has 138 valence electrons. The molecule has 1 aliphatic rings. The van der Waals surface area contributed by atoms with E-state index in [1.54, 1.807) is 14.1 Å². The highest BCUT2D eigenvalue weighted by atomic mass is 16.6. The van der Waals surface area contributed by atoms with Crippen LogP contribution in [0.1, 0.15) is 32.8 Å². The average molecular weight is 348 g/mol. The van der Waals surface area contributed by atoms with Gasteiger partial charge in [0.1, 0.15) is 11.6 Å². The second-order valence-corrected chi connectivity index (χ2v) is 7.54. The number of nitrogens with zero attached hydrogens (tertiary/aromatic N) is 2. The van der Waals surface area contributed by atoms with Gasteiger partial charge in [0.25, 0.3) is 0 Å². The minimum atomic E-state index is -0.605. The number of hydrogen-bond acceptors (Lipinski definition) is 4. The zero-order valence-electron chi connectivity index (χ0n) is 15.7. The highest BCUT2D eigenvalue weighted by Crippen LogP contribution is 2.25. The van der Waals surface area contributed by atoms with Crippen LogP contribution in [0.3, 0.4) is 0 Å². The van der Waals surface area contributed by atoms with Crippen LogP contribution < -0.4 is 0 Å². The molecule has 25 heavy (non-hydrogen) atoms. The molecule has 6 nitrogen and oxygen atoms in total. The normalized spacial score (nSPS) is 20.4. The van der Waals surface area contributed by atoms with Crippen LogP contribution in [0.4, 0.5) is 4.79 Å². The molecule has 0 N–H and O–H groups in total. The maximum absolute atomic E-state index is 12.5. The number of carbonyl (C=O) groups excluding carboxylic acids is 2. The van der Waals surface area contributed by atoms with Crippen LogP contribution in [-0.4, -0.2) is 60.2 Å². The second kappa shape index (κ2) is 7.87. The minimum absolute atomic E-state index is 0.114. The van der Waals surface area contributed by atoms with Gasteiger partial charge in [0.2, 0.25) is 5.91 Å². The van der Waals surface area contributed by atoms with Crippen LogP contribution in [0.5, 0.6) is 0 Å². The number of ether oxygens (including phenoxy) is 2. The van der Waals surface area contributed by atoms with Crippen molar-refractivity contribution in [1.29, 1.82) is 0 Å². The van der Waals surface area contributed by atoms with Gasteiger partial charge in [0, 0.05) is 20.5 Å². The van der Waals surface area contributed by atoms with Crippen molar-refractivity contribution >= 4 is 12.0 Å². The molecule has 1 aliphatic heterocycles. The fraction of sp³-hybridized carbons (Fsp3) is 0.579. The van der Waals surface area contributed by atoms with Gasteiger partial charge in [-0.3, -0.25) is 9.69 Å². The number of likely N-dealkylation sites (tertiary alicyclic amines) is 1. The van der Waals surface area contributed by atoms with Gasteiger partial charge in [-0.05, 0) is 26.3 Å². The first kappa shape index (κ1) is 19.2. The summed E-state index contributed by atoms with van der Waals surface area (Å²) in [4.78, 5) is 28.0. The molecule has 0 radical (unpaired) electrons. The Morgan fingerprint density at radius 1 is 1.20 bits per heavy atom. The lowest BCUT2D eigenvalue weighted by molar-refractivity contribution is -0.133. The number of likely N-dealkylation sites (N-methyl/N-ethyl adjacent to an activating group) is 1. The van der Waals surface area contributed by atoms with Gasteiger partial charge in [0.05, 0.1) is 19.3 Å². The molecule has 0 aliphatic carbocycles. The zero-order chi connectivity index (χ0) is 18.6. The lowest BCUT2D eigenvalue weighted by Crippen LogP contribution is -2.47. The molecule has 1 aromatic carbocycles. The van der Waals surface area contributed by atoms with E-state index in [0.29, 0.717) is 19.6 Å². The molecule has 0 bridgehead atoms. The molecular weight excluding hydrogens is 320 g/mol. The van der Waals surface area contributed by atoms with Crippen molar-refractivity contribution in [3.63, 3.8) is 0 Å². The fourth-order valence-electron chi connectivity index (χ4n) is 2.76. The summed E-state index contributed by atoms with van der Waals surface area (Å²) in [7, 11) is 3.38. The van der Waals surface area contributed by atoms with Crippen LogP contribution in [0.25, 0.3) is 0 Å². The van der Waals surface area contributed by atoms with Crippen LogP contribution in [0.2, 0.25) is 0 Å². The van der Waals surface area contributed by atoms with Gasteiger partial charge < -0.3 is 14.4 Å². The molecule has 0 spiro atoms. The third-order valence-corrected chi connectivity index (χ3v) is 3.95. The standard InChI is InChI=1S/C19H28N2O4/c1-19(2,3)25-18(23)21-12-15(11-16(21)17(22)20(4)5)24-13-14-9-7-6-8-10-14/h6-10,15-16H,11-13H2,1-5H3/t15-,16+/m1/s1. The lowest BCUT2D eigenvalue weighted by atomic mass is 10.1. The molecule has 1 aromatic rings. The Balaban J connectivity index is 2.05. The molecule has 2 amide bonds. The van der Waals surface area contributed by atoms with Gasteiger partial charge in [-0.15, -0.1) is 0 Å². The van der Waals surface area contributed by atoms with Crippen molar-refractivity contribution in [2.45, 2.75) is 51.5 Å². The van der Waals surface area contributed by atoms with Gasteiger partial charge in [0.15, 0.2) is 0 Å². The molecule has 0 unspecified atom stereocenters. The average Bonchev–Trinajstić information content (AvgIpc) is 2.96. The summed E-state index contributed by atoms with van der Waals surface area (Å²) in [5.74, 6) is -0.114. The second-order valence-electron chi connectivity index (χ2n) is 7.54. The summed E-state index contributed by atoms with van der Waals surface area (Å²) >= 11 is 0. The number of hydrogen-bond donors (Lipinski definition) is 0. The van der Waals surface area contributed by atoms with Crippen molar-refractivity contribution in [1.82, 2.24) is 9.80 Å². The van der Waals surface area contributed by atoms with Gasteiger partial charge in [-0.1, -0.05) is 30.3 Å². The Morgan fingerprint density at radius 3 is 2.40 bits per heavy atom. The number of amides is 2. The fourth-order valence-corrected chi connectivity index (χ4v) is 2.76. The maximum Gasteiger partial charge on any atom is 0.411 e. The Kier molecular flexibility index (Phi) is 6.06. The largest absolute Gasteiger partial charge is 0.444 e. The van der Waals surface area contributed by atoms with E-state index in [2.05, 4.69) is 0 Å². The zero-order valence-corrected chi connectivity index (χ0v) is 15.7. The molecule has 1 saturated heterocycles. The van der Waals surface area contributed by atoms with Crippen molar-refractivity contribution in [2.24, 2.45) is 0 Å². The van der Waals surface area contributed by atoms with Crippen molar-refractivity contribution in [3.05, 3.63) is 35.9 Å². The smallest absolute Gasteiger partial charge is 0.411 e. The highest BCUT2D eigenvalue weighted by molar-refractivity contribution is 5.86. The Labute approximate surface area is 149 Å². The quantitative estimate of drug-likeness (QED) is 0.839. The predicted octanol–water partition coefficient (Wildman–Crippen LogP) is 2.67. The third-order valence-electron chi connectivity index (χ3n) is 3.95. The van der Waals surface area contributed by atoms with E-state index in [9.17, 15) is 9.59 Å². The SMILES string of the molecule is CN(C)C(=O)[C@@H]1C[C@@H](OCc2ccccc2)CN1C(=O)OC(C)(C)C. The van der Waals surface area contributed by atoms with Gasteiger partial charge in [-0.2, -0.15) is 0 Å². The molecule has 1 heterocycles. The molecule has 6 heteroatoms. The van der Waals surface area contributed by atoms with Crippen LogP contribution in [0.15, 0.2) is 30.3 Å². The first-order chi connectivity index (χ1) is 11.7. The molecule has 2 atom stereocenters. The summed E-state index contributed by atoms with van der Waals surface area (Å²) in [6.07, 6.45) is -0.191. The molecule has 2 rings (SSSR count). The summed E-state index contributed by atoms with van der Waals surface area (Å²) < 4.78 is 11.4. The monoisotopic (exact) mass is 348 g/mol. The van der Waals surface area contributed by atoms with Gasteiger partial charge in [-0.25, -0.2) is 4.79 Å². The summed E-state index contributed by atoms with van der Waals surface area (Å²) in [6, 6.07) is 9.30. The van der Waals surface area contributed by atoms with E-state index < -0.39 is 17.7 Å². The Hall–Kier alpha value is -2.08. The summed E-state index contributed by atoms with van der Waals surface area (Å²) in [5, 5.41) is 0. The van der Waals surface area contributed by atoms with Crippen LogP contribution in [0, 0.1) is 0 Å². The number of carbonyl (C=O) groups is 2. The lowest BCUT2D eigenvalue weighted by Gasteiger charge is -2.29. The van der Waals surface area contributed by atoms with E-state index in [1.165, 1.54) is 9.80 Å². The number of rotatable bonds is 4. The van der Waals surface area contributed by atoms with Crippen molar-refractivity contribution < 1.29 is 19.1 Å². The van der Waals surface area contributed by atoms with Crippen molar-refractivity contribution in [2.75, 3.05) is 20.6 Å². The van der Waals surface area contributed by atoms with E-state index in [-0.39, 0.29) is 12.0 Å². The van der Waals surface area contributed by atoms with E-state index in [1.807, 2.05) is 51.1 Å². The maximum atomic E-state index is 12.5. The number of benzene rings is 1. The van der Waals surface area contributed by atoms with Crippen LogP contribution >= 0.6 is 0 Å². The van der Waals surface area contributed by atoms with E-state index >= 15 is 0 Å². The van der Waals surface area contributed by atoms with E-state index in [0.717, 1.165) is 5.56 Å². The van der Waals surface area contributed by atoms with Gasteiger partial charge >= 0.3 is 6.09 Å². The Bertz CT molecular complexity index is 595. The molecule has 1 fully saturated rings. The molecular formula is C19H28N2O4. The first-order valence-corrected chi connectivity index (χ1v) is 8.53. The molecule has 0 aromatic heterocycles. The van der Waals surface area contributed by atoms with E-state index in [4.69, 9.17) is 9.47 Å². The van der Waals surface area contributed by atoms with Crippen molar-refractivity contribution in [3.8, 4) is 0 Å². The first-order valence-electron chi connectivity index (χ1n) is 8.53. The Morgan fingerprint density at radius 2 is 1.84 bits per heavy atom. The van der Waals surface area contributed by atoms with Crippen LogP contribution in [-0.2, 0) is 20.9 Å². The summed E-state index contributed by atoms with van der Waals surface area (Å²) in [6.45, 7) is 6.25. The third kappa shape index (κ3) is 5.46. The minimum Gasteiger partial charge on any atom is -0.444 e. The topological polar surface area (TPSA) is 59.1 Å².